The highest BCUT2D eigenvalue weighted by Gasteiger charge is 2.10. The highest BCUT2D eigenvalue weighted by molar-refractivity contribution is 5.93. The molecule has 2 aromatic carbocycles. The number of carbonyl (C=O) groups excluding carboxylic acids is 1. The first-order chi connectivity index (χ1) is 9.61. The van der Waals surface area contributed by atoms with E-state index in [1.807, 2.05) is 36.4 Å². The Bertz CT molecular complexity index is 594. The van der Waals surface area contributed by atoms with E-state index in [0.717, 1.165) is 17.0 Å². The fraction of sp³-hybridized carbons (Fsp3) is 0.188. The topological polar surface area (TPSA) is 64.3 Å². The molecular formula is C16H18N2O2. The Morgan fingerprint density at radius 2 is 1.80 bits per heavy atom. The quantitative estimate of drug-likeness (QED) is 0.878. The van der Waals surface area contributed by atoms with Gasteiger partial charge < -0.3 is 15.8 Å². The van der Waals surface area contributed by atoms with Gasteiger partial charge in [-0.25, -0.2) is 0 Å². The molecule has 1 amide bonds. The van der Waals surface area contributed by atoms with Gasteiger partial charge >= 0.3 is 0 Å². The molecule has 1 atom stereocenters. The zero-order valence-electron chi connectivity index (χ0n) is 11.6. The smallest absolute Gasteiger partial charge is 0.248 e. The van der Waals surface area contributed by atoms with Gasteiger partial charge in [0.15, 0.2) is 0 Å². The van der Waals surface area contributed by atoms with Gasteiger partial charge in [-0.1, -0.05) is 18.2 Å². The Morgan fingerprint density at radius 1 is 1.15 bits per heavy atom. The first kappa shape index (κ1) is 13.9. The number of methoxy groups -OCH3 is 1. The van der Waals surface area contributed by atoms with Crippen LogP contribution in [0.1, 0.15) is 28.9 Å². The molecule has 4 heteroatoms. The SMILES string of the molecule is COc1ccccc1C(C)Nc1ccc(C(N)=O)cc1. The molecule has 0 bridgehead atoms. The third-order valence-electron chi connectivity index (χ3n) is 3.16. The fourth-order valence-corrected chi connectivity index (χ4v) is 2.08. The predicted molar refractivity (Wildman–Crippen MR) is 80.0 cm³/mol. The molecule has 0 spiro atoms. The van der Waals surface area contributed by atoms with E-state index in [1.54, 1.807) is 19.2 Å². The Kier molecular flexibility index (Phi) is 4.25. The first-order valence-electron chi connectivity index (χ1n) is 6.41. The van der Waals surface area contributed by atoms with E-state index in [2.05, 4.69) is 12.2 Å². The average Bonchev–Trinajstić information content (AvgIpc) is 2.47. The number of nitrogens with two attached hydrogens (primary N) is 1. The molecule has 0 saturated carbocycles. The van der Waals surface area contributed by atoms with Gasteiger partial charge in [0, 0.05) is 16.8 Å². The number of amides is 1. The predicted octanol–water partition coefficient (Wildman–Crippen LogP) is 2.97. The van der Waals surface area contributed by atoms with Crippen LogP contribution in [0.15, 0.2) is 48.5 Å². The van der Waals surface area contributed by atoms with Crippen molar-refractivity contribution in [2.24, 2.45) is 5.73 Å². The zero-order valence-corrected chi connectivity index (χ0v) is 11.6. The summed E-state index contributed by atoms with van der Waals surface area (Å²) in [6, 6.07) is 15.1. The van der Waals surface area contributed by atoms with Crippen LogP contribution >= 0.6 is 0 Å². The molecule has 0 aromatic heterocycles. The van der Waals surface area contributed by atoms with Gasteiger partial charge in [-0.3, -0.25) is 4.79 Å². The van der Waals surface area contributed by atoms with Crippen LogP contribution in [-0.4, -0.2) is 13.0 Å². The highest BCUT2D eigenvalue weighted by atomic mass is 16.5. The van der Waals surface area contributed by atoms with Crippen molar-refractivity contribution in [1.82, 2.24) is 0 Å². The average molecular weight is 270 g/mol. The Balaban J connectivity index is 2.14. The van der Waals surface area contributed by atoms with Crippen LogP contribution in [0.25, 0.3) is 0 Å². The van der Waals surface area contributed by atoms with Gasteiger partial charge in [-0.05, 0) is 37.3 Å². The van der Waals surface area contributed by atoms with Crippen LogP contribution in [0, 0.1) is 0 Å². The molecule has 0 heterocycles. The van der Waals surface area contributed by atoms with Crippen molar-refractivity contribution in [3.05, 3.63) is 59.7 Å². The number of benzene rings is 2. The largest absolute Gasteiger partial charge is 0.496 e. The molecule has 2 rings (SSSR count). The van der Waals surface area contributed by atoms with Crippen LogP contribution in [0.5, 0.6) is 5.75 Å². The molecule has 4 nitrogen and oxygen atoms in total. The summed E-state index contributed by atoms with van der Waals surface area (Å²) in [4.78, 5) is 11.0. The zero-order chi connectivity index (χ0) is 14.5. The van der Waals surface area contributed by atoms with Gasteiger partial charge in [0.1, 0.15) is 5.75 Å². The van der Waals surface area contributed by atoms with E-state index in [4.69, 9.17) is 10.5 Å². The standard InChI is InChI=1S/C16H18N2O2/c1-11(14-5-3-4-6-15(14)20-2)18-13-9-7-12(8-10-13)16(17)19/h3-11,18H,1-2H3,(H2,17,19). The monoisotopic (exact) mass is 270 g/mol. The molecule has 0 aliphatic heterocycles. The number of rotatable bonds is 5. The summed E-state index contributed by atoms with van der Waals surface area (Å²) < 4.78 is 5.35. The minimum atomic E-state index is -0.422. The third kappa shape index (κ3) is 3.09. The van der Waals surface area contributed by atoms with Crippen molar-refractivity contribution in [3.8, 4) is 5.75 Å². The van der Waals surface area contributed by atoms with E-state index < -0.39 is 5.91 Å². The normalized spacial score (nSPS) is 11.7. The van der Waals surface area contributed by atoms with Crippen molar-refractivity contribution in [3.63, 3.8) is 0 Å². The molecule has 0 radical (unpaired) electrons. The maximum absolute atomic E-state index is 11.0. The van der Waals surface area contributed by atoms with Crippen molar-refractivity contribution in [2.75, 3.05) is 12.4 Å². The van der Waals surface area contributed by atoms with E-state index in [9.17, 15) is 4.79 Å². The molecule has 0 fully saturated rings. The molecule has 2 aromatic rings. The minimum absolute atomic E-state index is 0.0885. The minimum Gasteiger partial charge on any atom is -0.496 e. The Labute approximate surface area is 118 Å². The van der Waals surface area contributed by atoms with Crippen molar-refractivity contribution in [1.29, 1.82) is 0 Å². The second-order valence-electron chi connectivity index (χ2n) is 4.55. The van der Waals surface area contributed by atoms with Crippen molar-refractivity contribution in [2.45, 2.75) is 13.0 Å². The third-order valence-corrected chi connectivity index (χ3v) is 3.16. The van der Waals surface area contributed by atoms with E-state index >= 15 is 0 Å². The van der Waals surface area contributed by atoms with E-state index in [-0.39, 0.29) is 6.04 Å². The molecule has 20 heavy (non-hydrogen) atoms. The Hall–Kier alpha value is -2.49. The molecule has 1 unspecified atom stereocenters. The van der Waals surface area contributed by atoms with E-state index in [0.29, 0.717) is 5.56 Å². The summed E-state index contributed by atoms with van der Waals surface area (Å²) in [7, 11) is 1.66. The molecule has 0 aliphatic rings. The number of para-hydroxylation sites is 1. The summed E-state index contributed by atoms with van der Waals surface area (Å²) >= 11 is 0. The van der Waals surface area contributed by atoms with Crippen LogP contribution in [0.3, 0.4) is 0 Å². The summed E-state index contributed by atoms with van der Waals surface area (Å²) in [5.74, 6) is 0.426. The lowest BCUT2D eigenvalue weighted by Crippen LogP contribution is -2.11. The van der Waals surface area contributed by atoms with Gasteiger partial charge in [0.05, 0.1) is 13.2 Å². The summed E-state index contributed by atoms with van der Waals surface area (Å²) in [5.41, 5.74) is 7.72. The number of primary amides is 1. The Morgan fingerprint density at radius 3 is 2.40 bits per heavy atom. The maximum atomic E-state index is 11.0. The summed E-state index contributed by atoms with van der Waals surface area (Å²) in [6.45, 7) is 2.06. The summed E-state index contributed by atoms with van der Waals surface area (Å²) in [5, 5.41) is 3.37. The van der Waals surface area contributed by atoms with Crippen LogP contribution < -0.4 is 15.8 Å². The number of ether oxygens (including phenoxy) is 1. The van der Waals surface area contributed by atoms with Gasteiger partial charge in [0.2, 0.25) is 5.91 Å². The van der Waals surface area contributed by atoms with E-state index in [1.165, 1.54) is 0 Å². The van der Waals surface area contributed by atoms with Crippen LogP contribution in [0.4, 0.5) is 5.69 Å². The maximum Gasteiger partial charge on any atom is 0.248 e. The summed E-state index contributed by atoms with van der Waals surface area (Å²) in [6.07, 6.45) is 0. The number of nitrogens with one attached hydrogen (secondary N) is 1. The van der Waals surface area contributed by atoms with Crippen molar-refractivity contribution >= 4 is 11.6 Å². The van der Waals surface area contributed by atoms with Gasteiger partial charge in [-0.15, -0.1) is 0 Å². The van der Waals surface area contributed by atoms with Crippen molar-refractivity contribution < 1.29 is 9.53 Å². The first-order valence-corrected chi connectivity index (χ1v) is 6.41. The van der Waals surface area contributed by atoms with Crippen LogP contribution in [-0.2, 0) is 0 Å². The molecular weight excluding hydrogens is 252 g/mol. The fourth-order valence-electron chi connectivity index (χ4n) is 2.08. The number of hydrogen-bond acceptors (Lipinski definition) is 3. The molecule has 0 saturated heterocycles. The molecule has 104 valence electrons. The second kappa shape index (κ2) is 6.10. The second-order valence-corrected chi connectivity index (χ2v) is 4.55. The van der Waals surface area contributed by atoms with Gasteiger partial charge in [-0.2, -0.15) is 0 Å². The van der Waals surface area contributed by atoms with Gasteiger partial charge in [0.25, 0.3) is 0 Å². The van der Waals surface area contributed by atoms with Crippen LogP contribution in [0.2, 0.25) is 0 Å². The number of hydrogen-bond donors (Lipinski definition) is 2. The lowest BCUT2D eigenvalue weighted by molar-refractivity contribution is 0.100. The lowest BCUT2D eigenvalue weighted by atomic mass is 10.1. The highest BCUT2D eigenvalue weighted by Crippen LogP contribution is 2.27. The number of carbonyl (C=O) groups is 1. The molecule has 0 aliphatic carbocycles. The number of anilines is 1. The molecule has 3 N–H and O–H groups in total. The lowest BCUT2D eigenvalue weighted by Gasteiger charge is -2.18.